The van der Waals surface area contributed by atoms with Crippen LogP contribution in [0.1, 0.15) is 33.3 Å². The molecule has 1 unspecified atom stereocenters. The third kappa shape index (κ3) is 4.87. The summed E-state index contributed by atoms with van der Waals surface area (Å²) in [6, 6.07) is 0. The summed E-state index contributed by atoms with van der Waals surface area (Å²) < 4.78 is 6.86. The average molecular weight is 345 g/mol. The van der Waals surface area contributed by atoms with Gasteiger partial charge >= 0.3 is 0 Å². The number of anilines is 1. The van der Waals surface area contributed by atoms with Crippen molar-refractivity contribution in [3.05, 3.63) is 46.0 Å². The minimum atomic E-state index is -0.339. The number of nitrogens with one attached hydrogen (secondary N) is 2. The van der Waals surface area contributed by atoms with Crippen molar-refractivity contribution in [1.29, 1.82) is 0 Å². The van der Waals surface area contributed by atoms with Crippen molar-refractivity contribution in [3.63, 3.8) is 0 Å². The molecule has 1 atom stereocenters. The molecule has 0 spiro atoms. The molecule has 0 aliphatic heterocycles. The number of allylic oxidation sites excluding steroid dienone is 2. The van der Waals surface area contributed by atoms with E-state index in [1.54, 1.807) is 0 Å². The molecule has 2 aromatic heterocycles. The summed E-state index contributed by atoms with van der Waals surface area (Å²) in [5.41, 5.74) is 0.766. The zero-order valence-electron chi connectivity index (χ0n) is 14.8. The Bertz CT molecular complexity index is 848. The van der Waals surface area contributed by atoms with Crippen LogP contribution in [0, 0.1) is 0 Å². The first kappa shape index (κ1) is 18.6. The highest BCUT2D eigenvalue weighted by atomic mass is 16.5. The van der Waals surface area contributed by atoms with Crippen molar-refractivity contribution in [2.24, 2.45) is 0 Å². The summed E-state index contributed by atoms with van der Waals surface area (Å²) >= 11 is 0. The van der Waals surface area contributed by atoms with Gasteiger partial charge in [0.15, 0.2) is 0 Å². The van der Waals surface area contributed by atoms with Crippen LogP contribution in [0.3, 0.4) is 0 Å². The van der Waals surface area contributed by atoms with Gasteiger partial charge in [-0.15, -0.1) is 0 Å². The molecule has 0 aliphatic rings. The number of rotatable bonds is 8. The van der Waals surface area contributed by atoms with E-state index in [1.807, 2.05) is 45.9 Å². The molecular weight excluding hydrogens is 322 g/mol. The van der Waals surface area contributed by atoms with E-state index in [9.17, 15) is 9.59 Å². The fourth-order valence-electron chi connectivity index (χ4n) is 2.24. The number of aldehydes is 1. The molecular formula is C17H23N5O3. The van der Waals surface area contributed by atoms with Gasteiger partial charge in [-0.3, -0.25) is 9.89 Å². The van der Waals surface area contributed by atoms with Crippen LogP contribution in [-0.4, -0.2) is 38.1 Å². The van der Waals surface area contributed by atoms with Gasteiger partial charge in [0.2, 0.25) is 5.95 Å². The zero-order valence-corrected chi connectivity index (χ0v) is 14.8. The number of carbonyl (C=O) groups excluding carboxylic acids is 1. The van der Waals surface area contributed by atoms with Gasteiger partial charge in [-0.1, -0.05) is 12.2 Å². The van der Waals surface area contributed by atoms with Crippen LogP contribution in [-0.2, 0) is 16.0 Å². The van der Waals surface area contributed by atoms with Gasteiger partial charge in [-0.2, -0.15) is 9.50 Å². The molecule has 0 radical (unpaired) electrons. The van der Waals surface area contributed by atoms with Gasteiger partial charge in [-0.05, 0) is 33.8 Å². The quantitative estimate of drug-likeness (QED) is 0.559. The molecule has 0 saturated carbocycles. The van der Waals surface area contributed by atoms with Crippen LogP contribution < -0.4 is 10.9 Å². The Morgan fingerprint density at radius 1 is 1.44 bits per heavy atom. The predicted molar refractivity (Wildman–Crippen MR) is 95.6 cm³/mol. The number of aromatic nitrogens is 4. The molecule has 25 heavy (non-hydrogen) atoms. The number of aromatic amines is 1. The van der Waals surface area contributed by atoms with Crippen molar-refractivity contribution < 1.29 is 9.53 Å². The lowest BCUT2D eigenvalue weighted by Crippen LogP contribution is -2.20. The van der Waals surface area contributed by atoms with Gasteiger partial charge in [-0.25, -0.2) is 4.98 Å². The second-order valence-corrected chi connectivity index (χ2v) is 5.79. The normalized spacial score (nSPS) is 13.7. The highest BCUT2D eigenvalue weighted by Crippen LogP contribution is 2.08. The second-order valence-electron chi connectivity index (χ2n) is 5.79. The lowest BCUT2D eigenvalue weighted by molar-refractivity contribution is -0.107. The lowest BCUT2D eigenvalue weighted by atomic mass is 10.3. The van der Waals surface area contributed by atoms with Gasteiger partial charge < -0.3 is 14.8 Å². The van der Waals surface area contributed by atoms with Gasteiger partial charge in [0.25, 0.3) is 11.3 Å². The van der Waals surface area contributed by atoms with E-state index in [0.717, 1.165) is 5.70 Å². The number of carbonyl (C=O) groups is 1. The summed E-state index contributed by atoms with van der Waals surface area (Å²) in [6.45, 7) is 7.81. The molecule has 0 amide bonds. The van der Waals surface area contributed by atoms with Crippen LogP contribution >= 0.6 is 0 Å². The van der Waals surface area contributed by atoms with E-state index < -0.39 is 0 Å². The van der Waals surface area contributed by atoms with Gasteiger partial charge in [0.05, 0.1) is 12.2 Å². The molecule has 0 fully saturated rings. The highest BCUT2D eigenvalue weighted by Gasteiger charge is 2.09. The largest absolute Gasteiger partial charge is 0.372 e. The van der Waals surface area contributed by atoms with Crippen LogP contribution in [0.25, 0.3) is 5.78 Å². The van der Waals surface area contributed by atoms with Gasteiger partial charge in [0.1, 0.15) is 6.29 Å². The minimum Gasteiger partial charge on any atom is -0.372 e. The van der Waals surface area contributed by atoms with E-state index in [1.165, 1.54) is 10.7 Å². The minimum absolute atomic E-state index is 0.0210. The molecule has 2 N–H and O–H groups in total. The van der Waals surface area contributed by atoms with Crippen molar-refractivity contribution in [2.75, 3.05) is 5.32 Å². The fraction of sp³-hybridized carbons (Fsp3) is 0.412. The smallest absolute Gasteiger partial charge is 0.277 e. The maximum atomic E-state index is 12.2. The summed E-state index contributed by atoms with van der Waals surface area (Å²) in [5.74, 6) is 0.612. The number of nitrogens with zero attached hydrogens (tertiary/aromatic N) is 3. The lowest BCUT2D eigenvalue weighted by Gasteiger charge is -2.12. The monoisotopic (exact) mass is 345 g/mol. The number of fused-ring (bicyclic) bond motifs is 1. The van der Waals surface area contributed by atoms with E-state index in [-0.39, 0.29) is 30.0 Å². The Morgan fingerprint density at radius 2 is 2.20 bits per heavy atom. The molecule has 8 nitrogen and oxygen atoms in total. The van der Waals surface area contributed by atoms with Crippen LogP contribution in [0.2, 0.25) is 0 Å². The van der Waals surface area contributed by atoms with Crippen molar-refractivity contribution >= 4 is 18.0 Å². The van der Waals surface area contributed by atoms with E-state index >= 15 is 0 Å². The predicted octanol–water partition coefficient (Wildman–Crippen LogP) is 1.84. The number of hydrogen-bond donors (Lipinski definition) is 2. The van der Waals surface area contributed by atoms with E-state index in [2.05, 4.69) is 20.4 Å². The Kier molecular flexibility index (Phi) is 6.24. The Hall–Kier alpha value is -2.74. The van der Waals surface area contributed by atoms with Crippen molar-refractivity contribution in [1.82, 2.24) is 19.6 Å². The van der Waals surface area contributed by atoms with Crippen LogP contribution in [0.5, 0.6) is 0 Å². The highest BCUT2D eigenvalue weighted by molar-refractivity contribution is 5.54. The molecule has 0 aliphatic carbocycles. The maximum Gasteiger partial charge on any atom is 0.277 e. The van der Waals surface area contributed by atoms with Gasteiger partial charge in [0, 0.05) is 23.9 Å². The number of ether oxygens (including phenoxy) is 1. The first-order valence-corrected chi connectivity index (χ1v) is 8.11. The standard InChI is InChI=1S/C17H23N5O3/c1-5-14(7-6-12(4)25-11(2)3)19-16-20-17-18-10-13(8-9-23)15(24)22(17)21-16/h5-7,9-12H,8H2,1-4H3,(H2,18,19,20,21)/b7-6-,14-5+. The topological polar surface area (TPSA) is 101 Å². The van der Waals surface area contributed by atoms with Crippen molar-refractivity contribution in [2.45, 2.75) is 46.3 Å². The summed E-state index contributed by atoms with van der Waals surface area (Å²) in [5, 5.41) is 5.93. The Balaban J connectivity index is 2.18. The van der Waals surface area contributed by atoms with E-state index in [0.29, 0.717) is 17.8 Å². The molecule has 134 valence electrons. The average Bonchev–Trinajstić information content (AvgIpc) is 2.97. The van der Waals surface area contributed by atoms with E-state index in [4.69, 9.17) is 4.74 Å². The van der Waals surface area contributed by atoms with Crippen LogP contribution in [0.15, 0.2) is 34.9 Å². The van der Waals surface area contributed by atoms with Crippen molar-refractivity contribution in [3.8, 4) is 0 Å². The zero-order chi connectivity index (χ0) is 18.4. The third-order valence-electron chi connectivity index (χ3n) is 3.35. The molecule has 2 heterocycles. The molecule has 8 heteroatoms. The Morgan fingerprint density at radius 3 is 2.84 bits per heavy atom. The first-order chi connectivity index (χ1) is 11.9. The van der Waals surface area contributed by atoms with Crippen LogP contribution in [0.4, 0.5) is 5.95 Å². The molecule has 0 saturated heterocycles. The number of H-pyrrole nitrogens is 1. The fourth-order valence-corrected chi connectivity index (χ4v) is 2.24. The molecule has 0 aromatic carbocycles. The maximum absolute atomic E-state index is 12.2. The molecule has 2 aromatic rings. The summed E-state index contributed by atoms with van der Waals surface area (Å²) in [4.78, 5) is 31.1. The summed E-state index contributed by atoms with van der Waals surface area (Å²) in [6.07, 6.45) is 7.87. The second kappa shape index (κ2) is 8.39. The summed E-state index contributed by atoms with van der Waals surface area (Å²) in [7, 11) is 0. The molecule has 2 rings (SSSR count). The first-order valence-electron chi connectivity index (χ1n) is 8.11. The third-order valence-corrected chi connectivity index (χ3v) is 3.35. The SMILES string of the molecule is C/C=C(\C=C/C(C)OC(C)C)Nc1nc2ncc(CC=O)c(=O)n2[nH]1. The number of hydrogen-bond acceptors (Lipinski definition) is 6. The molecule has 0 bridgehead atoms. The Labute approximate surface area is 145 Å².